The molecule has 10 heteroatoms. The van der Waals surface area contributed by atoms with Crippen LogP contribution in [-0.2, 0) is 16.1 Å². The summed E-state index contributed by atoms with van der Waals surface area (Å²) in [5.41, 5.74) is 3.33. The van der Waals surface area contributed by atoms with E-state index in [1.807, 2.05) is 0 Å². The Kier molecular flexibility index (Phi) is 8.11. The highest BCUT2D eigenvalue weighted by Crippen LogP contribution is 2.37. The van der Waals surface area contributed by atoms with E-state index in [2.05, 4.69) is 15.8 Å². The molecule has 0 aliphatic heterocycles. The quantitative estimate of drug-likeness (QED) is 0.392. The number of methoxy groups -OCH3 is 3. The first kappa shape index (κ1) is 22.3. The average molecular weight is 440 g/mol. The summed E-state index contributed by atoms with van der Waals surface area (Å²) in [5, 5.41) is 7.09. The van der Waals surface area contributed by atoms with Crippen LogP contribution in [0, 0.1) is 0 Å². The highest BCUT2D eigenvalue weighted by molar-refractivity contribution is 6.36. The van der Waals surface area contributed by atoms with Gasteiger partial charge in [-0.2, -0.15) is 5.10 Å². The molecule has 0 unspecified atom stereocenters. The van der Waals surface area contributed by atoms with Crippen molar-refractivity contribution in [2.45, 2.75) is 6.54 Å². The van der Waals surface area contributed by atoms with Crippen LogP contribution in [0.25, 0.3) is 0 Å². The molecule has 0 radical (unpaired) electrons. The number of hydrogen-bond acceptors (Lipinski definition) is 6. The van der Waals surface area contributed by atoms with E-state index in [-0.39, 0.29) is 6.54 Å². The molecule has 0 aliphatic rings. The van der Waals surface area contributed by atoms with Crippen molar-refractivity contribution in [3.8, 4) is 17.2 Å². The maximum atomic E-state index is 11.9. The number of amides is 2. The molecule has 0 atom stereocenters. The van der Waals surface area contributed by atoms with Crippen LogP contribution in [0.5, 0.6) is 17.2 Å². The van der Waals surface area contributed by atoms with Crippen LogP contribution >= 0.6 is 23.2 Å². The maximum absolute atomic E-state index is 11.9. The Hall–Kier alpha value is -2.97. The van der Waals surface area contributed by atoms with E-state index in [4.69, 9.17) is 37.4 Å². The lowest BCUT2D eigenvalue weighted by molar-refractivity contribution is -0.139. The molecule has 29 heavy (non-hydrogen) atoms. The number of nitrogens with one attached hydrogen (secondary N) is 2. The van der Waals surface area contributed by atoms with Crippen molar-refractivity contribution in [2.75, 3.05) is 21.3 Å². The molecule has 154 valence electrons. The predicted molar refractivity (Wildman–Crippen MR) is 110 cm³/mol. The van der Waals surface area contributed by atoms with Gasteiger partial charge in [-0.3, -0.25) is 9.59 Å². The largest absolute Gasteiger partial charge is 0.493 e. The second-order valence-corrected chi connectivity index (χ2v) is 6.42. The SMILES string of the molecule is COc1cc(/C=N\NC(=O)C(=O)NCc2ccc(Cl)cc2Cl)cc(OC)c1OC. The highest BCUT2D eigenvalue weighted by Gasteiger charge is 2.14. The minimum atomic E-state index is -0.932. The van der Waals surface area contributed by atoms with Crippen LogP contribution in [0.3, 0.4) is 0 Å². The molecule has 2 aromatic carbocycles. The van der Waals surface area contributed by atoms with Crippen LogP contribution in [-0.4, -0.2) is 39.4 Å². The van der Waals surface area contributed by atoms with Gasteiger partial charge in [0.25, 0.3) is 0 Å². The first-order chi connectivity index (χ1) is 13.9. The molecule has 8 nitrogen and oxygen atoms in total. The van der Waals surface area contributed by atoms with Crippen molar-refractivity contribution in [1.82, 2.24) is 10.7 Å². The molecular formula is C19H19Cl2N3O5. The molecular weight excluding hydrogens is 421 g/mol. The summed E-state index contributed by atoms with van der Waals surface area (Å²) in [7, 11) is 4.46. The van der Waals surface area contributed by atoms with Crippen molar-refractivity contribution < 1.29 is 23.8 Å². The summed E-state index contributed by atoms with van der Waals surface area (Å²) in [6, 6.07) is 8.12. The molecule has 0 fully saturated rings. The first-order valence-electron chi connectivity index (χ1n) is 8.24. The second-order valence-electron chi connectivity index (χ2n) is 5.58. The number of hydrazone groups is 1. The van der Waals surface area contributed by atoms with E-state index in [0.717, 1.165) is 0 Å². The minimum absolute atomic E-state index is 0.0683. The fourth-order valence-corrected chi connectivity index (χ4v) is 2.79. The number of ether oxygens (including phenoxy) is 3. The molecule has 2 aromatic rings. The van der Waals surface area contributed by atoms with Crippen LogP contribution < -0.4 is 25.0 Å². The van der Waals surface area contributed by atoms with Crippen molar-refractivity contribution >= 4 is 41.2 Å². The third-order valence-electron chi connectivity index (χ3n) is 3.73. The Bertz CT molecular complexity index is 909. The van der Waals surface area contributed by atoms with Crippen LogP contribution in [0.15, 0.2) is 35.4 Å². The van der Waals surface area contributed by atoms with Gasteiger partial charge in [0.1, 0.15) is 0 Å². The average Bonchev–Trinajstić information content (AvgIpc) is 2.71. The monoisotopic (exact) mass is 439 g/mol. The number of carbonyl (C=O) groups is 2. The van der Waals surface area contributed by atoms with Crippen LogP contribution in [0.2, 0.25) is 10.0 Å². The van der Waals surface area contributed by atoms with Gasteiger partial charge in [-0.15, -0.1) is 0 Å². The van der Waals surface area contributed by atoms with Gasteiger partial charge in [0.15, 0.2) is 11.5 Å². The molecule has 0 aliphatic carbocycles. The van der Waals surface area contributed by atoms with E-state index in [0.29, 0.717) is 38.4 Å². The maximum Gasteiger partial charge on any atom is 0.329 e. The lowest BCUT2D eigenvalue weighted by Crippen LogP contribution is -2.37. The lowest BCUT2D eigenvalue weighted by Gasteiger charge is -2.12. The Morgan fingerprint density at radius 2 is 1.66 bits per heavy atom. The zero-order valence-electron chi connectivity index (χ0n) is 15.9. The summed E-state index contributed by atoms with van der Waals surface area (Å²) in [6.45, 7) is 0.0683. The van der Waals surface area contributed by atoms with Crippen molar-refractivity contribution in [1.29, 1.82) is 0 Å². The smallest absolute Gasteiger partial charge is 0.329 e. The van der Waals surface area contributed by atoms with E-state index in [1.54, 1.807) is 30.3 Å². The number of halogens is 2. The Morgan fingerprint density at radius 1 is 1.00 bits per heavy atom. The molecule has 2 amide bonds. The summed E-state index contributed by atoms with van der Waals surface area (Å²) in [6.07, 6.45) is 1.34. The Labute approximate surface area is 177 Å². The summed E-state index contributed by atoms with van der Waals surface area (Å²) < 4.78 is 15.7. The van der Waals surface area contributed by atoms with E-state index in [9.17, 15) is 9.59 Å². The van der Waals surface area contributed by atoms with E-state index >= 15 is 0 Å². The molecule has 2 rings (SSSR count). The van der Waals surface area contributed by atoms with Gasteiger partial charge in [-0.1, -0.05) is 29.3 Å². The number of benzene rings is 2. The van der Waals surface area contributed by atoms with Gasteiger partial charge in [0, 0.05) is 22.2 Å². The van der Waals surface area contributed by atoms with Crippen molar-refractivity contribution in [3.05, 3.63) is 51.5 Å². The van der Waals surface area contributed by atoms with Gasteiger partial charge in [0.05, 0.1) is 27.5 Å². The number of hydrogen-bond donors (Lipinski definition) is 2. The Balaban J connectivity index is 1.97. The van der Waals surface area contributed by atoms with Gasteiger partial charge in [-0.25, -0.2) is 5.43 Å². The fraction of sp³-hybridized carbons (Fsp3) is 0.211. The zero-order valence-corrected chi connectivity index (χ0v) is 17.4. The molecule has 0 spiro atoms. The van der Waals surface area contributed by atoms with Gasteiger partial charge >= 0.3 is 11.8 Å². The van der Waals surface area contributed by atoms with E-state index in [1.165, 1.54) is 27.5 Å². The van der Waals surface area contributed by atoms with Crippen LogP contribution in [0.1, 0.15) is 11.1 Å². The second kappa shape index (κ2) is 10.5. The molecule has 0 saturated carbocycles. The number of rotatable bonds is 7. The van der Waals surface area contributed by atoms with Crippen molar-refractivity contribution in [3.63, 3.8) is 0 Å². The molecule has 0 aromatic heterocycles. The van der Waals surface area contributed by atoms with Crippen LogP contribution in [0.4, 0.5) is 0 Å². The standard InChI is InChI=1S/C19H19Cl2N3O5/c1-27-15-6-11(7-16(28-2)17(15)29-3)9-23-24-19(26)18(25)22-10-12-4-5-13(20)8-14(12)21/h4-9H,10H2,1-3H3,(H,22,25)(H,24,26)/b23-9-. The normalized spacial score (nSPS) is 10.5. The van der Waals surface area contributed by atoms with Crippen molar-refractivity contribution in [2.24, 2.45) is 5.10 Å². The lowest BCUT2D eigenvalue weighted by atomic mass is 10.2. The third kappa shape index (κ3) is 6.00. The highest BCUT2D eigenvalue weighted by atomic mass is 35.5. The van der Waals surface area contributed by atoms with Gasteiger partial charge in [-0.05, 0) is 29.8 Å². The number of nitrogens with zero attached hydrogens (tertiary/aromatic N) is 1. The topological polar surface area (TPSA) is 98.2 Å². The molecule has 0 bridgehead atoms. The zero-order chi connectivity index (χ0) is 21.4. The Morgan fingerprint density at radius 3 is 2.21 bits per heavy atom. The molecule has 2 N–H and O–H groups in total. The fourth-order valence-electron chi connectivity index (χ4n) is 2.31. The molecule has 0 heterocycles. The van der Waals surface area contributed by atoms with Gasteiger partial charge in [0.2, 0.25) is 5.75 Å². The summed E-state index contributed by atoms with van der Waals surface area (Å²) in [5.74, 6) is -0.511. The first-order valence-corrected chi connectivity index (χ1v) is 9.00. The van der Waals surface area contributed by atoms with Gasteiger partial charge < -0.3 is 19.5 Å². The molecule has 0 saturated heterocycles. The number of carbonyl (C=O) groups excluding carboxylic acids is 2. The summed E-state index contributed by atoms with van der Waals surface area (Å²) >= 11 is 11.8. The third-order valence-corrected chi connectivity index (χ3v) is 4.31. The summed E-state index contributed by atoms with van der Waals surface area (Å²) in [4.78, 5) is 23.8. The predicted octanol–water partition coefficient (Wildman–Crippen LogP) is 2.79. The van der Waals surface area contributed by atoms with E-state index < -0.39 is 11.8 Å². The minimum Gasteiger partial charge on any atom is -0.493 e.